The molecule has 0 aliphatic carbocycles. The Morgan fingerprint density at radius 3 is 0.900 bits per heavy atom. The molecule has 0 aliphatic heterocycles. The summed E-state index contributed by atoms with van der Waals surface area (Å²) in [5, 5.41) is 0. The van der Waals surface area contributed by atoms with Gasteiger partial charge in [0.05, 0.1) is 0 Å². The van der Waals surface area contributed by atoms with Crippen molar-refractivity contribution < 1.29 is 57.7 Å². The third kappa shape index (κ3) is 7740. The van der Waals surface area contributed by atoms with Crippen molar-refractivity contribution in [2.24, 2.45) is 0 Å². The number of rotatable bonds is 0. The predicted octanol–water partition coefficient (Wildman–Crippen LogP) is -5.30. The predicted molar refractivity (Wildman–Crippen MR) is 31.1 cm³/mol. The van der Waals surface area contributed by atoms with Crippen LogP contribution in [0.5, 0.6) is 0 Å². The van der Waals surface area contributed by atoms with Crippen LogP contribution in [0.4, 0.5) is 0 Å². The molecule has 0 bridgehead atoms. The summed E-state index contributed by atoms with van der Waals surface area (Å²) in [6, 6.07) is 0. The standard InChI is InChI=1S/B.H2O3Si.4H2O.Ti/c;1-4(2)3;;;;;/h;1-2H;4*1H2;. The first-order valence-electron chi connectivity index (χ1n) is 0.651. The van der Waals surface area contributed by atoms with Gasteiger partial charge in [0.2, 0.25) is 0 Å². The molecular weight excluding hydrogens is 199 g/mol. The normalized spacial score (nSPS) is 2.40. The van der Waals surface area contributed by atoms with Crippen LogP contribution in [0.15, 0.2) is 0 Å². The molecule has 0 fully saturated rings. The van der Waals surface area contributed by atoms with Crippen molar-refractivity contribution >= 4 is 17.6 Å². The van der Waals surface area contributed by atoms with Gasteiger partial charge in [0.15, 0.2) is 0 Å². The third-order valence-electron chi connectivity index (χ3n) is 0. The van der Waals surface area contributed by atoms with Gasteiger partial charge in [-0.15, -0.1) is 0 Å². The maximum absolute atomic E-state index is 8.74. The van der Waals surface area contributed by atoms with Crippen LogP contribution in [-0.4, -0.2) is 49.1 Å². The molecule has 0 saturated heterocycles. The van der Waals surface area contributed by atoms with Crippen LogP contribution < -0.4 is 0 Å². The van der Waals surface area contributed by atoms with Crippen molar-refractivity contribution in [2.75, 3.05) is 0 Å². The Hall–Kier alpha value is 0.236. The quantitative estimate of drug-likeness (QED) is 0.378. The molecule has 0 atom stereocenters. The minimum Gasteiger partial charge on any atom is -0.511 e. The van der Waals surface area contributed by atoms with E-state index in [0.29, 0.717) is 0 Å². The Morgan fingerprint density at radius 2 is 0.900 bits per heavy atom. The second-order valence-electron chi connectivity index (χ2n) is 0.283. The molecule has 10 heavy (non-hydrogen) atoms. The van der Waals surface area contributed by atoms with Gasteiger partial charge in [0, 0.05) is 30.1 Å². The van der Waals surface area contributed by atoms with Crippen LogP contribution in [-0.2, 0) is 26.2 Å². The van der Waals surface area contributed by atoms with Gasteiger partial charge in [-0.25, -0.2) is 0 Å². The second kappa shape index (κ2) is 59.8. The van der Waals surface area contributed by atoms with Gasteiger partial charge in [0.1, 0.15) is 0 Å². The van der Waals surface area contributed by atoms with E-state index in [1.165, 1.54) is 0 Å². The molecule has 0 rings (SSSR count). The van der Waals surface area contributed by atoms with Crippen LogP contribution in [0.1, 0.15) is 0 Å². The van der Waals surface area contributed by atoms with Crippen LogP contribution in [0.2, 0.25) is 0 Å². The molecule has 0 aromatic heterocycles. The number of hydrogen-bond acceptors (Lipinski definition) is 1. The van der Waals surface area contributed by atoms with Gasteiger partial charge in [-0.2, -0.15) is 0 Å². The maximum Gasteiger partial charge on any atom is 0.761 e. The van der Waals surface area contributed by atoms with E-state index in [0.717, 1.165) is 0 Å². The Bertz CT molecular complexity index is 36.6. The van der Waals surface area contributed by atoms with Gasteiger partial charge < -0.3 is 31.5 Å². The van der Waals surface area contributed by atoms with E-state index in [2.05, 4.69) is 0 Å². The van der Waals surface area contributed by atoms with E-state index in [1.807, 2.05) is 0 Å². The molecular formula is H10BO7SiTi. The molecule has 0 aliphatic rings. The molecule has 0 unspecified atom stereocenters. The summed E-state index contributed by atoms with van der Waals surface area (Å²) in [4.78, 5) is 14.3. The van der Waals surface area contributed by atoms with Gasteiger partial charge >= 0.3 is 9.17 Å². The van der Waals surface area contributed by atoms with Gasteiger partial charge in [-0.1, -0.05) is 0 Å². The van der Waals surface area contributed by atoms with E-state index in [1.54, 1.807) is 0 Å². The zero-order valence-electron chi connectivity index (χ0n) is 4.88. The van der Waals surface area contributed by atoms with Crippen LogP contribution in [0, 0.1) is 0 Å². The average molecular weight is 209 g/mol. The first-order chi connectivity index (χ1) is 1.73. The minimum atomic E-state index is -3.13. The molecule has 63 valence electrons. The van der Waals surface area contributed by atoms with Crippen molar-refractivity contribution in [3.8, 4) is 0 Å². The van der Waals surface area contributed by atoms with Crippen molar-refractivity contribution in [3.63, 3.8) is 0 Å². The Kier molecular flexibility index (Phi) is 499. The summed E-state index contributed by atoms with van der Waals surface area (Å²) in [5.41, 5.74) is 0. The number of hydrogen-bond donors (Lipinski definition) is 2. The Balaban J connectivity index is -0.00000000300. The SMILES string of the molecule is O.O.O.O.O=[Si](O)O.[B].[Ti]. The second-order valence-corrected chi connectivity index (χ2v) is 0.848. The molecule has 7 nitrogen and oxygen atoms in total. The Labute approximate surface area is 75.7 Å². The fourth-order valence-corrected chi connectivity index (χ4v) is 0. The monoisotopic (exact) mass is 209 g/mol. The van der Waals surface area contributed by atoms with Crippen molar-refractivity contribution in [1.82, 2.24) is 0 Å². The summed E-state index contributed by atoms with van der Waals surface area (Å²) in [6.07, 6.45) is 0. The molecule has 0 saturated carbocycles. The van der Waals surface area contributed by atoms with E-state index in [4.69, 9.17) is 14.1 Å². The molecule has 3 radical (unpaired) electrons. The van der Waals surface area contributed by atoms with E-state index >= 15 is 0 Å². The summed E-state index contributed by atoms with van der Waals surface area (Å²) >= 11 is 0. The molecule has 0 amide bonds. The first kappa shape index (κ1) is 83.4. The third-order valence-corrected chi connectivity index (χ3v) is 0. The summed E-state index contributed by atoms with van der Waals surface area (Å²) in [7, 11) is -3.13. The topological polar surface area (TPSA) is 184 Å². The summed E-state index contributed by atoms with van der Waals surface area (Å²) < 4.78 is 8.74. The van der Waals surface area contributed by atoms with E-state index in [9.17, 15) is 0 Å². The van der Waals surface area contributed by atoms with Gasteiger partial charge in [-0.3, -0.25) is 4.46 Å². The van der Waals surface area contributed by atoms with E-state index in [-0.39, 0.29) is 52.0 Å². The minimum absolute atomic E-state index is 0. The van der Waals surface area contributed by atoms with Crippen LogP contribution in [0.3, 0.4) is 0 Å². The van der Waals surface area contributed by atoms with Crippen molar-refractivity contribution in [3.05, 3.63) is 0 Å². The van der Waals surface area contributed by atoms with Crippen molar-refractivity contribution in [1.29, 1.82) is 0 Å². The molecule has 0 aromatic rings. The van der Waals surface area contributed by atoms with E-state index < -0.39 is 9.17 Å². The van der Waals surface area contributed by atoms with Crippen LogP contribution in [0.25, 0.3) is 0 Å². The average Bonchev–Trinajstić information content (AvgIpc) is 0.811. The van der Waals surface area contributed by atoms with Crippen molar-refractivity contribution in [2.45, 2.75) is 0 Å². The zero-order valence-corrected chi connectivity index (χ0v) is 7.44. The van der Waals surface area contributed by atoms with Crippen LogP contribution >= 0.6 is 0 Å². The fourth-order valence-electron chi connectivity index (χ4n) is 0. The molecule has 0 heterocycles. The first-order valence-corrected chi connectivity index (χ1v) is 1.95. The zero-order chi connectivity index (χ0) is 3.58. The fraction of sp³-hybridized carbons (Fsp3) is 0. The molecule has 0 aromatic carbocycles. The van der Waals surface area contributed by atoms with Gasteiger partial charge in [0.25, 0.3) is 0 Å². The molecule has 10 N–H and O–H groups in total. The maximum atomic E-state index is 8.74. The summed E-state index contributed by atoms with van der Waals surface area (Å²) in [6.45, 7) is 0. The molecule has 10 heteroatoms. The molecule has 0 spiro atoms. The Morgan fingerprint density at radius 1 is 0.900 bits per heavy atom. The van der Waals surface area contributed by atoms with Gasteiger partial charge in [-0.05, 0) is 0 Å². The smallest absolute Gasteiger partial charge is 0.511 e. The summed E-state index contributed by atoms with van der Waals surface area (Å²) in [5.74, 6) is 0. The largest absolute Gasteiger partial charge is 0.761 e.